The van der Waals surface area contributed by atoms with Crippen molar-refractivity contribution in [3.05, 3.63) is 82.0 Å². The van der Waals surface area contributed by atoms with Crippen molar-refractivity contribution in [1.82, 2.24) is 15.1 Å². The van der Waals surface area contributed by atoms with Gasteiger partial charge in [0.2, 0.25) is 0 Å². The molecule has 2 heterocycles. The van der Waals surface area contributed by atoms with Gasteiger partial charge < -0.3 is 20.9 Å². The topological polar surface area (TPSA) is 104 Å². The van der Waals surface area contributed by atoms with Crippen LogP contribution in [0.1, 0.15) is 32.0 Å². The number of aromatic nitrogens is 2. The van der Waals surface area contributed by atoms with Gasteiger partial charge in [-0.3, -0.25) is 9.59 Å². The van der Waals surface area contributed by atoms with Crippen molar-refractivity contribution >= 4 is 34.9 Å². The van der Waals surface area contributed by atoms with Crippen LogP contribution in [0.2, 0.25) is 5.02 Å². The highest BCUT2D eigenvalue weighted by Gasteiger charge is 2.36. The van der Waals surface area contributed by atoms with E-state index in [0.29, 0.717) is 29.6 Å². The van der Waals surface area contributed by atoms with E-state index in [1.165, 1.54) is 29.2 Å². The van der Waals surface area contributed by atoms with Gasteiger partial charge in [0.1, 0.15) is 0 Å². The predicted octanol–water partition coefficient (Wildman–Crippen LogP) is 3.82. The Bertz CT molecular complexity index is 1260. The van der Waals surface area contributed by atoms with Gasteiger partial charge >= 0.3 is 6.18 Å². The molecule has 1 aliphatic rings. The van der Waals surface area contributed by atoms with Crippen LogP contribution in [0.15, 0.2) is 54.6 Å². The molecule has 0 spiro atoms. The molecule has 0 radical (unpaired) electrons. The monoisotopic (exact) mass is 518 g/mol. The number of halogens is 4. The summed E-state index contributed by atoms with van der Waals surface area (Å²) in [6.45, 7) is 1.42. The molecule has 12 heteroatoms. The summed E-state index contributed by atoms with van der Waals surface area (Å²) >= 11 is 6.12. The van der Waals surface area contributed by atoms with Crippen LogP contribution < -0.4 is 16.0 Å². The van der Waals surface area contributed by atoms with Crippen LogP contribution in [-0.4, -0.2) is 53.1 Å². The molecule has 8 nitrogen and oxygen atoms in total. The second-order valence-electron chi connectivity index (χ2n) is 8.06. The fourth-order valence-corrected chi connectivity index (χ4v) is 4.08. The average Bonchev–Trinajstić information content (AvgIpc) is 2.88. The second-order valence-corrected chi connectivity index (χ2v) is 8.47. The van der Waals surface area contributed by atoms with Gasteiger partial charge in [-0.2, -0.15) is 13.2 Å². The van der Waals surface area contributed by atoms with Gasteiger partial charge in [-0.05, 0) is 42.0 Å². The number of benzene rings is 2. The maximum atomic E-state index is 13.3. The van der Waals surface area contributed by atoms with Crippen LogP contribution in [0.25, 0.3) is 0 Å². The lowest BCUT2D eigenvalue weighted by atomic mass is 10.1. The number of nitrogens with zero attached hydrogens (tertiary/aromatic N) is 4. The van der Waals surface area contributed by atoms with Gasteiger partial charge in [0.15, 0.2) is 11.5 Å². The molecular weight excluding hydrogens is 497 g/mol. The molecule has 1 aromatic heterocycles. The summed E-state index contributed by atoms with van der Waals surface area (Å²) in [5, 5.41) is 11.2. The molecule has 0 unspecified atom stereocenters. The third kappa shape index (κ3) is 5.58. The number of nitrogens with one attached hydrogen (secondary N) is 1. The minimum Gasteiger partial charge on any atom is -0.352 e. The molecule has 36 heavy (non-hydrogen) atoms. The number of hydrogen-bond acceptors (Lipinski definition) is 6. The first-order valence-electron chi connectivity index (χ1n) is 11.0. The van der Waals surface area contributed by atoms with E-state index in [0.717, 1.165) is 11.6 Å². The molecule has 2 amide bonds. The standard InChI is InChI=1S/C24H22ClF3N6O2/c25-19-13-16(6-5-15(19)14-29)30-22(35)20-7-8-21(32-31-20)33-9-11-34(12-10-33)23(36)17-3-1-2-4-18(17)24(26,27)28/h1-8,13H,9-12,14,29H2,(H,30,35). The van der Waals surface area contributed by atoms with Gasteiger partial charge in [0.25, 0.3) is 11.8 Å². The zero-order valence-electron chi connectivity index (χ0n) is 18.9. The first-order chi connectivity index (χ1) is 17.2. The molecule has 188 valence electrons. The fourth-order valence-electron chi connectivity index (χ4n) is 3.83. The van der Waals surface area contributed by atoms with Crippen molar-refractivity contribution in [3.63, 3.8) is 0 Å². The Kier molecular flexibility index (Phi) is 7.41. The largest absolute Gasteiger partial charge is 0.417 e. The van der Waals surface area contributed by atoms with Crippen LogP contribution in [0.5, 0.6) is 0 Å². The van der Waals surface area contributed by atoms with Crippen molar-refractivity contribution in [2.24, 2.45) is 5.73 Å². The summed E-state index contributed by atoms with van der Waals surface area (Å²) in [6.07, 6.45) is -4.61. The minimum atomic E-state index is -4.61. The number of hydrogen-bond donors (Lipinski definition) is 2. The van der Waals surface area contributed by atoms with Crippen molar-refractivity contribution in [1.29, 1.82) is 0 Å². The molecule has 1 saturated heterocycles. The number of amides is 2. The van der Waals surface area contributed by atoms with Gasteiger partial charge in [-0.1, -0.05) is 29.8 Å². The summed E-state index contributed by atoms with van der Waals surface area (Å²) in [6, 6.07) is 12.9. The normalized spacial score (nSPS) is 14.0. The van der Waals surface area contributed by atoms with Crippen molar-refractivity contribution in [2.75, 3.05) is 36.4 Å². The van der Waals surface area contributed by atoms with Crippen LogP contribution in [0.3, 0.4) is 0 Å². The molecule has 2 aromatic carbocycles. The van der Waals surface area contributed by atoms with E-state index in [2.05, 4.69) is 15.5 Å². The first-order valence-corrected chi connectivity index (χ1v) is 11.4. The Morgan fingerprint density at radius 3 is 2.33 bits per heavy atom. The molecule has 1 fully saturated rings. The van der Waals surface area contributed by atoms with Crippen LogP contribution in [-0.2, 0) is 12.7 Å². The summed E-state index contributed by atoms with van der Waals surface area (Å²) in [7, 11) is 0. The zero-order chi connectivity index (χ0) is 25.9. The molecule has 1 aliphatic heterocycles. The predicted molar refractivity (Wildman–Crippen MR) is 129 cm³/mol. The fraction of sp³-hybridized carbons (Fsp3) is 0.250. The maximum absolute atomic E-state index is 13.3. The Hall–Kier alpha value is -3.70. The van der Waals surface area contributed by atoms with E-state index in [1.54, 1.807) is 24.3 Å². The molecule has 0 bridgehead atoms. The smallest absolute Gasteiger partial charge is 0.352 e. The van der Waals surface area contributed by atoms with Crippen molar-refractivity contribution in [3.8, 4) is 0 Å². The number of piperazine rings is 1. The van der Waals surface area contributed by atoms with Crippen molar-refractivity contribution in [2.45, 2.75) is 12.7 Å². The highest BCUT2D eigenvalue weighted by atomic mass is 35.5. The number of nitrogens with two attached hydrogens (primary N) is 1. The molecule has 0 saturated carbocycles. The average molecular weight is 519 g/mol. The quantitative estimate of drug-likeness (QED) is 0.532. The molecule has 4 rings (SSSR count). The Balaban J connectivity index is 1.37. The molecule has 3 N–H and O–H groups in total. The molecule has 3 aromatic rings. The van der Waals surface area contributed by atoms with E-state index in [1.807, 2.05) is 4.90 Å². The van der Waals surface area contributed by atoms with E-state index in [9.17, 15) is 22.8 Å². The highest BCUT2D eigenvalue weighted by molar-refractivity contribution is 6.31. The lowest BCUT2D eigenvalue weighted by molar-refractivity contribution is -0.138. The Morgan fingerprint density at radius 2 is 1.72 bits per heavy atom. The molecule has 0 atom stereocenters. The van der Waals surface area contributed by atoms with Crippen LogP contribution in [0, 0.1) is 0 Å². The van der Waals surface area contributed by atoms with E-state index in [-0.39, 0.29) is 30.9 Å². The number of carbonyl (C=O) groups excluding carboxylic acids is 2. The molecule has 0 aliphatic carbocycles. The van der Waals surface area contributed by atoms with Crippen molar-refractivity contribution < 1.29 is 22.8 Å². The van der Waals surface area contributed by atoms with Gasteiger partial charge in [-0.15, -0.1) is 10.2 Å². The summed E-state index contributed by atoms with van der Waals surface area (Å²) in [5.74, 6) is -0.644. The zero-order valence-corrected chi connectivity index (χ0v) is 19.7. The van der Waals surface area contributed by atoms with Gasteiger partial charge in [0.05, 0.1) is 11.1 Å². The third-order valence-corrected chi connectivity index (χ3v) is 6.12. The lowest BCUT2D eigenvalue weighted by Gasteiger charge is -2.35. The SMILES string of the molecule is NCc1ccc(NC(=O)c2ccc(N3CCN(C(=O)c4ccccc4C(F)(F)F)CC3)nn2)cc1Cl. The first kappa shape index (κ1) is 25.4. The summed E-state index contributed by atoms with van der Waals surface area (Å²) in [4.78, 5) is 28.5. The molecular formula is C24H22ClF3N6O2. The third-order valence-electron chi connectivity index (χ3n) is 5.77. The number of alkyl halides is 3. The minimum absolute atomic E-state index is 0.0929. The summed E-state index contributed by atoms with van der Waals surface area (Å²) < 4.78 is 39.9. The van der Waals surface area contributed by atoms with E-state index in [4.69, 9.17) is 17.3 Å². The Morgan fingerprint density at radius 1 is 1.00 bits per heavy atom. The Labute approximate surface area is 209 Å². The van der Waals surface area contributed by atoms with Gasteiger partial charge in [0, 0.05) is 43.4 Å². The van der Waals surface area contributed by atoms with Gasteiger partial charge in [-0.25, -0.2) is 0 Å². The van der Waals surface area contributed by atoms with E-state index < -0.39 is 23.6 Å². The number of anilines is 2. The summed E-state index contributed by atoms with van der Waals surface area (Å²) in [5.41, 5.74) is 5.60. The second kappa shape index (κ2) is 10.5. The number of rotatable bonds is 5. The maximum Gasteiger partial charge on any atom is 0.417 e. The van der Waals surface area contributed by atoms with Crippen LogP contribution in [0.4, 0.5) is 24.7 Å². The van der Waals surface area contributed by atoms with E-state index >= 15 is 0 Å². The van der Waals surface area contributed by atoms with Crippen LogP contribution >= 0.6 is 11.6 Å². The highest BCUT2D eigenvalue weighted by Crippen LogP contribution is 2.32. The lowest BCUT2D eigenvalue weighted by Crippen LogP contribution is -2.49. The number of carbonyl (C=O) groups is 2.